The van der Waals surface area contributed by atoms with Gasteiger partial charge in [0, 0.05) is 28.2 Å². The fraction of sp³-hybridized carbons (Fsp3) is 0.0400. The molecule has 1 N–H and O–H groups in total. The van der Waals surface area contributed by atoms with Crippen molar-refractivity contribution in [2.75, 3.05) is 5.32 Å². The number of aromatic nitrogens is 1. The normalized spacial score (nSPS) is 10.6. The number of nitrogens with zero attached hydrogens (tertiary/aromatic N) is 1. The smallest absolute Gasteiger partial charge is 0.261 e. The molecule has 0 atom stereocenters. The van der Waals surface area contributed by atoms with Crippen LogP contribution in [0.5, 0.6) is 0 Å². The third kappa shape index (κ3) is 3.91. The van der Waals surface area contributed by atoms with Gasteiger partial charge in [0.2, 0.25) is 0 Å². The number of benzene rings is 3. The first kappa shape index (κ1) is 19.7. The van der Waals surface area contributed by atoms with Gasteiger partial charge in [-0.1, -0.05) is 66.2 Å². The SMILES string of the molecule is Cc1cc(=O)c(C(=O)Nc2ccccc2)c(-c2ccccc2)n1-c1cccc(Cl)c1. The van der Waals surface area contributed by atoms with Crippen molar-refractivity contribution in [3.05, 3.63) is 117 Å². The van der Waals surface area contributed by atoms with Crippen LogP contribution in [0.1, 0.15) is 16.1 Å². The lowest BCUT2D eigenvalue weighted by Crippen LogP contribution is -2.26. The second-order valence-electron chi connectivity index (χ2n) is 6.88. The molecule has 3 aromatic carbocycles. The van der Waals surface area contributed by atoms with Crippen LogP contribution in [0.3, 0.4) is 0 Å². The summed E-state index contributed by atoms with van der Waals surface area (Å²) in [7, 11) is 0. The number of pyridine rings is 1. The van der Waals surface area contributed by atoms with Crippen LogP contribution in [0, 0.1) is 6.92 Å². The Morgan fingerprint density at radius 2 is 1.53 bits per heavy atom. The number of anilines is 1. The summed E-state index contributed by atoms with van der Waals surface area (Å²) < 4.78 is 1.89. The van der Waals surface area contributed by atoms with Gasteiger partial charge in [-0.15, -0.1) is 0 Å². The van der Waals surface area contributed by atoms with Crippen LogP contribution in [-0.2, 0) is 0 Å². The molecular formula is C25H19ClN2O2. The number of carbonyl (C=O) groups excluding carboxylic acids is 1. The molecule has 0 radical (unpaired) electrons. The highest BCUT2D eigenvalue weighted by atomic mass is 35.5. The molecule has 5 heteroatoms. The van der Waals surface area contributed by atoms with Crippen molar-refractivity contribution in [1.29, 1.82) is 0 Å². The van der Waals surface area contributed by atoms with E-state index >= 15 is 0 Å². The molecule has 0 saturated carbocycles. The number of hydrogen-bond acceptors (Lipinski definition) is 2. The minimum absolute atomic E-state index is 0.0793. The highest BCUT2D eigenvalue weighted by Gasteiger charge is 2.22. The van der Waals surface area contributed by atoms with E-state index < -0.39 is 5.91 Å². The van der Waals surface area contributed by atoms with E-state index in [0.717, 1.165) is 11.3 Å². The van der Waals surface area contributed by atoms with E-state index in [1.807, 2.05) is 78.2 Å². The fourth-order valence-corrected chi connectivity index (χ4v) is 3.67. The summed E-state index contributed by atoms with van der Waals surface area (Å²) in [5, 5.41) is 3.41. The molecule has 0 bridgehead atoms. The quantitative estimate of drug-likeness (QED) is 0.464. The molecule has 0 aliphatic rings. The maximum Gasteiger partial charge on any atom is 0.261 e. The van der Waals surface area contributed by atoms with Crippen LogP contribution in [0.15, 0.2) is 95.8 Å². The number of hydrogen-bond donors (Lipinski definition) is 1. The molecule has 4 aromatic rings. The van der Waals surface area contributed by atoms with Gasteiger partial charge >= 0.3 is 0 Å². The van der Waals surface area contributed by atoms with Gasteiger partial charge in [-0.05, 0) is 42.8 Å². The number of halogens is 1. The molecule has 0 aliphatic carbocycles. The first-order valence-corrected chi connectivity index (χ1v) is 9.87. The number of nitrogens with one attached hydrogen (secondary N) is 1. The molecule has 0 saturated heterocycles. The Balaban J connectivity index is 1.99. The summed E-state index contributed by atoms with van der Waals surface area (Å²) >= 11 is 6.23. The minimum Gasteiger partial charge on any atom is -0.322 e. The van der Waals surface area contributed by atoms with Crippen molar-refractivity contribution >= 4 is 23.2 Å². The lowest BCUT2D eigenvalue weighted by Gasteiger charge is -2.20. The highest BCUT2D eigenvalue weighted by molar-refractivity contribution is 6.30. The van der Waals surface area contributed by atoms with E-state index in [1.54, 1.807) is 18.2 Å². The lowest BCUT2D eigenvalue weighted by molar-refractivity contribution is 0.102. The summed E-state index contributed by atoms with van der Waals surface area (Å²) in [5.74, 6) is -0.458. The molecular weight excluding hydrogens is 396 g/mol. The van der Waals surface area contributed by atoms with E-state index in [0.29, 0.717) is 22.1 Å². The maximum absolute atomic E-state index is 13.2. The molecule has 0 aliphatic heterocycles. The molecule has 0 unspecified atom stereocenters. The van der Waals surface area contributed by atoms with Gasteiger partial charge in [-0.25, -0.2) is 0 Å². The molecule has 1 amide bonds. The van der Waals surface area contributed by atoms with Crippen molar-refractivity contribution < 1.29 is 4.79 Å². The number of para-hydroxylation sites is 1. The van der Waals surface area contributed by atoms with Crippen LogP contribution in [0.4, 0.5) is 5.69 Å². The Kier molecular flexibility index (Phi) is 5.50. The Hall–Kier alpha value is -3.63. The largest absolute Gasteiger partial charge is 0.322 e. The standard InChI is InChI=1S/C25H19ClN2O2/c1-17-15-22(29)23(25(30)27-20-12-6-3-7-13-20)24(18-9-4-2-5-10-18)28(17)21-14-8-11-19(26)16-21/h2-16H,1H3,(H,27,30). The Labute approximate surface area is 179 Å². The van der Waals surface area contributed by atoms with E-state index in [2.05, 4.69) is 5.32 Å². The van der Waals surface area contributed by atoms with Gasteiger partial charge in [-0.2, -0.15) is 0 Å². The zero-order chi connectivity index (χ0) is 21.1. The van der Waals surface area contributed by atoms with Crippen molar-refractivity contribution in [3.8, 4) is 16.9 Å². The minimum atomic E-state index is -0.458. The predicted octanol–water partition coefficient (Wildman–Crippen LogP) is 5.72. The number of carbonyl (C=O) groups is 1. The van der Waals surface area contributed by atoms with Gasteiger partial charge in [0.25, 0.3) is 5.91 Å². The first-order valence-electron chi connectivity index (χ1n) is 9.49. The Morgan fingerprint density at radius 1 is 0.867 bits per heavy atom. The monoisotopic (exact) mass is 414 g/mol. The Bertz CT molecular complexity index is 1270. The summed E-state index contributed by atoms with van der Waals surface area (Å²) in [4.78, 5) is 26.3. The summed E-state index contributed by atoms with van der Waals surface area (Å²) in [6, 6.07) is 27.3. The zero-order valence-corrected chi connectivity index (χ0v) is 17.1. The molecule has 30 heavy (non-hydrogen) atoms. The number of amides is 1. The van der Waals surface area contributed by atoms with E-state index in [4.69, 9.17) is 11.6 Å². The van der Waals surface area contributed by atoms with Crippen LogP contribution in [0.2, 0.25) is 5.02 Å². The van der Waals surface area contributed by atoms with Crippen LogP contribution in [-0.4, -0.2) is 10.5 Å². The molecule has 148 valence electrons. The van der Waals surface area contributed by atoms with Gasteiger partial charge in [0.15, 0.2) is 5.43 Å². The number of rotatable bonds is 4. The van der Waals surface area contributed by atoms with E-state index in [9.17, 15) is 9.59 Å². The van der Waals surface area contributed by atoms with E-state index in [1.165, 1.54) is 6.07 Å². The van der Waals surface area contributed by atoms with Crippen molar-refractivity contribution in [3.63, 3.8) is 0 Å². The second-order valence-corrected chi connectivity index (χ2v) is 7.31. The molecule has 0 spiro atoms. The fourth-order valence-electron chi connectivity index (χ4n) is 3.48. The average Bonchev–Trinajstić information content (AvgIpc) is 2.74. The summed E-state index contributed by atoms with van der Waals surface area (Å²) in [6.07, 6.45) is 0. The van der Waals surface area contributed by atoms with Gasteiger partial charge < -0.3 is 9.88 Å². The third-order valence-corrected chi connectivity index (χ3v) is 5.01. The Morgan fingerprint density at radius 3 is 2.20 bits per heavy atom. The van der Waals surface area contributed by atoms with E-state index in [-0.39, 0.29) is 11.0 Å². The topological polar surface area (TPSA) is 51.1 Å². The van der Waals surface area contributed by atoms with Crippen LogP contribution < -0.4 is 10.7 Å². The lowest BCUT2D eigenvalue weighted by atomic mass is 10.0. The zero-order valence-electron chi connectivity index (χ0n) is 16.3. The molecule has 4 nitrogen and oxygen atoms in total. The maximum atomic E-state index is 13.2. The average molecular weight is 415 g/mol. The summed E-state index contributed by atoms with van der Waals surface area (Å²) in [6.45, 7) is 1.84. The molecule has 0 fully saturated rings. The van der Waals surface area contributed by atoms with Crippen LogP contribution >= 0.6 is 11.6 Å². The van der Waals surface area contributed by atoms with Crippen molar-refractivity contribution in [2.45, 2.75) is 6.92 Å². The van der Waals surface area contributed by atoms with Crippen molar-refractivity contribution in [1.82, 2.24) is 4.57 Å². The molecule has 4 rings (SSSR count). The van der Waals surface area contributed by atoms with Gasteiger partial charge in [0.05, 0.1) is 5.69 Å². The second kappa shape index (κ2) is 8.39. The molecule has 1 aromatic heterocycles. The number of aryl methyl sites for hydroxylation is 1. The highest BCUT2D eigenvalue weighted by Crippen LogP contribution is 2.28. The summed E-state index contributed by atoms with van der Waals surface area (Å²) in [5.41, 5.74) is 3.13. The van der Waals surface area contributed by atoms with Gasteiger partial charge in [0.1, 0.15) is 5.56 Å². The van der Waals surface area contributed by atoms with Crippen LogP contribution in [0.25, 0.3) is 16.9 Å². The van der Waals surface area contributed by atoms with Gasteiger partial charge in [-0.3, -0.25) is 9.59 Å². The third-order valence-electron chi connectivity index (χ3n) is 4.77. The molecule has 1 heterocycles. The predicted molar refractivity (Wildman–Crippen MR) is 122 cm³/mol. The first-order chi connectivity index (χ1) is 14.5. The van der Waals surface area contributed by atoms with Crippen molar-refractivity contribution in [2.24, 2.45) is 0 Å².